The predicted octanol–water partition coefficient (Wildman–Crippen LogP) is 4.85. The first-order chi connectivity index (χ1) is 18.0. The molecule has 7 rings (SSSR count). The van der Waals surface area contributed by atoms with Crippen molar-refractivity contribution < 1.29 is 9.32 Å². The summed E-state index contributed by atoms with van der Waals surface area (Å²) in [5.74, 6) is 0.954. The van der Waals surface area contributed by atoms with E-state index in [4.69, 9.17) is 33.5 Å². The van der Waals surface area contributed by atoms with Gasteiger partial charge in [0.15, 0.2) is 11.6 Å². The van der Waals surface area contributed by atoms with Gasteiger partial charge in [-0.3, -0.25) is 9.36 Å². The lowest BCUT2D eigenvalue weighted by molar-refractivity contribution is 0.0932. The van der Waals surface area contributed by atoms with Crippen LogP contribution in [0.3, 0.4) is 0 Å². The van der Waals surface area contributed by atoms with Crippen molar-refractivity contribution in [1.29, 1.82) is 0 Å². The van der Waals surface area contributed by atoms with Crippen LogP contribution in [-0.4, -0.2) is 44.2 Å². The van der Waals surface area contributed by atoms with Gasteiger partial charge in [-0.1, -0.05) is 40.5 Å². The normalized spacial score (nSPS) is 20.8. The number of nitrogens with two attached hydrogens (primary N) is 1. The van der Waals surface area contributed by atoms with Crippen molar-refractivity contribution in [3.8, 4) is 5.69 Å². The minimum Gasteiger partial charge on any atom is -0.380 e. The van der Waals surface area contributed by atoms with E-state index in [1.54, 1.807) is 24.7 Å². The third-order valence-electron chi connectivity index (χ3n) is 7.55. The lowest BCUT2D eigenvalue weighted by Gasteiger charge is -2.28. The van der Waals surface area contributed by atoms with Crippen LogP contribution >= 0.6 is 23.2 Å². The molecule has 0 unspecified atom stereocenters. The fourth-order valence-electron chi connectivity index (χ4n) is 5.82. The third-order valence-corrected chi connectivity index (χ3v) is 8.15. The number of pyridine rings is 1. The Hall–Kier alpha value is -3.82. The van der Waals surface area contributed by atoms with Crippen molar-refractivity contribution in [2.75, 3.05) is 17.2 Å². The van der Waals surface area contributed by atoms with Crippen LogP contribution in [0.15, 0.2) is 59.5 Å². The fourth-order valence-corrected chi connectivity index (χ4v) is 6.31. The number of para-hydroxylation sites is 2. The molecule has 1 aliphatic carbocycles. The number of halogens is 2. The predicted molar refractivity (Wildman–Crippen MR) is 142 cm³/mol. The Morgan fingerprint density at radius 2 is 1.97 bits per heavy atom. The highest BCUT2D eigenvalue weighted by Crippen LogP contribution is 2.43. The summed E-state index contributed by atoms with van der Waals surface area (Å²) in [6, 6.07) is 13.3. The second-order valence-corrected chi connectivity index (χ2v) is 10.3. The monoisotopic (exact) mass is 533 g/mol. The molecule has 3 aromatic heterocycles. The van der Waals surface area contributed by atoms with Gasteiger partial charge in [-0.05, 0) is 49.1 Å². The Balaban J connectivity index is 1.14. The Morgan fingerprint density at radius 3 is 2.84 bits per heavy atom. The van der Waals surface area contributed by atoms with E-state index in [0.29, 0.717) is 32.4 Å². The van der Waals surface area contributed by atoms with Gasteiger partial charge >= 0.3 is 0 Å². The SMILES string of the molecule is Nc1noc2c(N3C[C@@H]4CC[C@H]3[C@@H]4NC(=O)c3ccc(-n4cnc5ccccc54)cc3Cl)ncc(Cl)c12. The number of nitrogen functional groups attached to an aromatic ring is 1. The van der Waals surface area contributed by atoms with Crippen LogP contribution in [0, 0.1) is 5.92 Å². The zero-order valence-electron chi connectivity index (χ0n) is 19.4. The summed E-state index contributed by atoms with van der Waals surface area (Å²) < 4.78 is 7.43. The molecule has 5 aromatic rings. The molecule has 3 N–H and O–H groups in total. The van der Waals surface area contributed by atoms with Crippen molar-refractivity contribution in [1.82, 2.24) is 25.0 Å². The summed E-state index contributed by atoms with van der Waals surface area (Å²) in [5, 5.41) is 8.45. The number of benzene rings is 2. The van der Waals surface area contributed by atoms with Gasteiger partial charge in [0, 0.05) is 18.4 Å². The third kappa shape index (κ3) is 3.45. The molecule has 2 aliphatic rings. The summed E-state index contributed by atoms with van der Waals surface area (Å²) in [7, 11) is 0. The van der Waals surface area contributed by atoms with Crippen molar-refractivity contribution in [3.05, 3.63) is 70.6 Å². The molecule has 11 heteroatoms. The van der Waals surface area contributed by atoms with Gasteiger partial charge in [-0.2, -0.15) is 0 Å². The molecule has 1 amide bonds. The van der Waals surface area contributed by atoms with Crippen LogP contribution in [0.25, 0.3) is 27.7 Å². The number of amides is 1. The molecule has 37 heavy (non-hydrogen) atoms. The van der Waals surface area contributed by atoms with E-state index < -0.39 is 0 Å². The van der Waals surface area contributed by atoms with E-state index in [2.05, 4.69) is 25.3 Å². The lowest BCUT2D eigenvalue weighted by Crippen LogP contribution is -2.44. The van der Waals surface area contributed by atoms with E-state index in [1.807, 2.05) is 34.9 Å². The van der Waals surface area contributed by atoms with Crippen LogP contribution in [0.2, 0.25) is 10.0 Å². The van der Waals surface area contributed by atoms with Gasteiger partial charge in [0.1, 0.15) is 6.33 Å². The molecular weight excluding hydrogens is 513 g/mol. The van der Waals surface area contributed by atoms with E-state index in [-0.39, 0.29) is 29.7 Å². The molecule has 1 aliphatic heterocycles. The summed E-state index contributed by atoms with van der Waals surface area (Å²) in [6.07, 6.45) is 5.26. The first kappa shape index (κ1) is 22.4. The molecule has 2 aromatic carbocycles. The molecule has 1 saturated heterocycles. The molecule has 186 valence electrons. The number of piperidine rings is 1. The minimum atomic E-state index is -0.200. The maximum Gasteiger partial charge on any atom is 0.253 e. The zero-order chi connectivity index (χ0) is 25.3. The molecule has 0 spiro atoms. The van der Waals surface area contributed by atoms with Crippen molar-refractivity contribution in [2.45, 2.75) is 24.9 Å². The summed E-state index contributed by atoms with van der Waals surface area (Å²) in [5.41, 5.74) is 9.55. The number of fused-ring (bicyclic) bond motifs is 4. The second-order valence-electron chi connectivity index (χ2n) is 9.53. The first-order valence-electron chi connectivity index (χ1n) is 12.0. The average molecular weight is 534 g/mol. The molecule has 0 radical (unpaired) electrons. The van der Waals surface area contributed by atoms with Crippen LogP contribution in [-0.2, 0) is 0 Å². The smallest absolute Gasteiger partial charge is 0.253 e. The Labute approximate surface area is 221 Å². The van der Waals surface area contributed by atoms with Crippen LogP contribution in [0.4, 0.5) is 11.6 Å². The number of nitrogens with one attached hydrogen (secondary N) is 1. The number of carbonyl (C=O) groups is 1. The maximum absolute atomic E-state index is 13.3. The number of hydrogen-bond acceptors (Lipinski definition) is 7. The molecule has 9 nitrogen and oxygen atoms in total. The van der Waals surface area contributed by atoms with Crippen LogP contribution in [0.5, 0.6) is 0 Å². The number of hydrogen-bond donors (Lipinski definition) is 2. The topological polar surface area (TPSA) is 115 Å². The van der Waals surface area contributed by atoms with Gasteiger partial charge in [-0.25, -0.2) is 9.97 Å². The molecular formula is C26H21Cl2N7O2. The lowest BCUT2D eigenvalue weighted by atomic mass is 10.1. The molecule has 4 heterocycles. The zero-order valence-corrected chi connectivity index (χ0v) is 20.9. The number of rotatable bonds is 4. The van der Waals surface area contributed by atoms with Crippen molar-refractivity contribution in [2.24, 2.45) is 5.92 Å². The van der Waals surface area contributed by atoms with Gasteiger partial charge in [-0.15, -0.1) is 0 Å². The number of aromatic nitrogens is 4. The Kier molecular flexibility index (Phi) is 5.06. The van der Waals surface area contributed by atoms with E-state index in [9.17, 15) is 4.79 Å². The number of imidazole rings is 1. The molecule has 1 saturated carbocycles. The van der Waals surface area contributed by atoms with Crippen LogP contribution < -0.4 is 16.0 Å². The van der Waals surface area contributed by atoms with Crippen molar-refractivity contribution in [3.63, 3.8) is 0 Å². The Bertz CT molecular complexity index is 1700. The minimum absolute atomic E-state index is 0.0476. The van der Waals surface area contributed by atoms with E-state index >= 15 is 0 Å². The van der Waals surface area contributed by atoms with Crippen LogP contribution in [0.1, 0.15) is 23.2 Å². The number of carbonyl (C=O) groups excluding carboxylic acids is 1. The van der Waals surface area contributed by atoms with Gasteiger partial charge in [0.2, 0.25) is 5.58 Å². The highest BCUT2D eigenvalue weighted by molar-refractivity contribution is 6.36. The van der Waals surface area contributed by atoms with Gasteiger partial charge < -0.3 is 20.5 Å². The first-order valence-corrected chi connectivity index (χ1v) is 12.7. The maximum atomic E-state index is 13.3. The molecule has 2 bridgehead atoms. The quantitative estimate of drug-likeness (QED) is 0.339. The molecule has 2 fully saturated rings. The average Bonchev–Trinajstić information content (AvgIpc) is 3.67. The fraction of sp³-hybridized carbons (Fsp3) is 0.231. The standard InChI is InChI=1S/C26H21Cl2N7O2/c27-16-9-14(35-12-31-18-3-1-2-4-19(18)35)6-7-15(16)26(36)32-22-13-5-8-20(22)34(11-13)25-23-21(17(28)10-30-25)24(29)33-37-23/h1-4,6-7,9-10,12-13,20,22H,5,8,11H2,(H2,29,33)(H,32,36)/t13-,20-,22+/m0/s1. The van der Waals surface area contributed by atoms with E-state index in [0.717, 1.165) is 36.1 Å². The van der Waals surface area contributed by atoms with Crippen molar-refractivity contribution >= 4 is 62.7 Å². The van der Waals surface area contributed by atoms with E-state index in [1.165, 1.54) is 0 Å². The van der Waals surface area contributed by atoms with Gasteiger partial charge in [0.05, 0.1) is 44.1 Å². The largest absolute Gasteiger partial charge is 0.380 e. The highest BCUT2D eigenvalue weighted by Gasteiger charge is 2.49. The Morgan fingerprint density at radius 1 is 1.11 bits per heavy atom. The summed E-state index contributed by atoms with van der Waals surface area (Å²) in [6.45, 7) is 0.736. The number of nitrogens with zero attached hydrogens (tertiary/aromatic N) is 5. The summed E-state index contributed by atoms with van der Waals surface area (Å²) in [4.78, 5) is 24.5. The highest BCUT2D eigenvalue weighted by atomic mass is 35.5. The number of anilines is 2. The second kappa shape index (κ2) is 8.36. The van der Waals surface area contributed by atoms with Gasteiger partial charge in [0.25, 0.3) is 5.91 Å². The summed E-state index contributed by atoms with van der Waals surface area (Å²) >= 11 is 12.9. The molecule has 3 atom stereocenters.